The Morgan fingerprint density at radius 1 is 1.14 bits per heavy atom. The third-order valence-corrected chi connectivity index (χ3v) is 5.56. The van der Waals surface area contributed by atoms with Gasteiger partial charge in [-0.15, -0.1) is 0 Å². The largest absolute Gasteiger partial charge is 0.372 e. The molecule has 2 aliphatic heterocycles. The number of nitrogens with one attached hydrogen (secondary N) is 1. The summed E-state index contributed by atoms with van der Waals surface area (Å²) < 4.78 is 22.6. The summed E-state index contributed by atoms with van der Waals surface area (Å²) in [5, 5.41) is 2.85. The number of anilines is 2. The van der Waals surface area contributed by atoms with E-state index in [-0.39, 0.29) is 30.1 Å². The number of amides is 2. The summed E-state index contributed by atoms with van der Waals surface area (Å²) >= 11 is 0. The molecule has 1 aromatic heterocycles. The number of aromatic nitrogens is 1. The highest BCUT2D eigenvalue weighted by molar-refractivity contribution is 5.90. The second kappa shape index (κ2) is 7.47. The summed E-state index contributed by atoms with van der Waals surface area (Å²) in [7, 11) is 0. The zero-order valence-corrected chi connectivity index (χ0v) is 16.6. The number of halogens is 1. The molecule has 0 radical (unpaired) electrons. The van der Waals surface area contributed by atoms with Gasteiger partial charge in [0.15, 0.2) is 0 Å². The van der Waals surface area contributed by atoms with E-state index < -0.39 is 0 Å². The fourth-order valence-corrected chi connectivity index (χ4v) is 4.27. The molecule has 1 N–H and O–H groups in total. The Morgan fingerprint density at radius 3 is 2.61 bits per heavy atom. The predicted octanol–water partition coefficient (Wildman–Crippen LogP) is 3.85. The van der Waals surface area contributed by atoms with Crippen LogP contribution in [0.2, 0.25) is 0 Å². The first-order valence-corrected chi connectivity index (χ1v) is 9.85. The molecule has 4 rings (SSSR count). The van der Waals surface area contributed by atoms with Gasteiger partial charge in [-0.05, 0) is 51.1 Å². The van der Waals surface area contributed by atoms with Gasteiger partial charge >= 0.3 is 6.03 Å². The molecular formula is C21H27FN4O2. The Hall–Kier alpha value is -2.54. The molecule has 2 aliphatic rings. The third kappa shape index (κ3) is 3.58. The minimum absolute atomic E-state index is 0.0239. The van der Waals surface area contributed by atoms with Crippen molar-refractivity contribution in [2.75, 3.05) is 29.9 Å². The molecule has 1 saturated heterocycles. The predicted molar refractivity (Wildman–Crippen MR) is 107 cm³/mol. The normalized spacial score (nSPS) is 24.8. The molecule has 1 fully saturated rings. The fraction of sp³-hybridized carbons (Fsp3) is 0.476. The van der Waals surface area contributed by atoms with E-state index in [0.717, 1.165) is 12.2 Å². The molecule has 2 aromatic rings. The number of nitrogens with zero attached hydrogens (tertiary/aromatic N) is 3. The van der Waals surface area contributed by atoms with Crippen LogP contribution in [0.5, 0.6) is 0 Å². The summed E-state index contributed by atoms with van der Waals surface area (Å²) in [4.78, 5) is 16.5. The van der Waals surface area contributed by atoms with Gasteiger partial charge < -0.3 is 24.4 Å². The molecule has 0 bridgehead atoms. The van der Waals surface area contributed by atoms with Crippen LogP contribution in [0.25, 0.3) is 0 Å². The number of benzene rings is 1. The zero-order chi connectivity index (χ0) is 19.8. The topological polar surface area (TPSA) is 49.7 Å². The molecule has 28 heavy (non-hydrogen) atoms. The quantitative estimate of drug-likeness (QED) is 0.853. The summed E-state index contributed by atoms with van der Waals surface area (Å²) in [6, 6.07) is 8.69. The third-order valence-electron chi connectivity index (χ3n) is 5.56. The zero-order valence-electron chi connectivity index (χ0n) is 16.6. The lowest BCUT2D eigenvalue weighted by molar-refractivity contribution is -0.00539. The van der Waals surface area contributed by atoms with Crippen LogP contribution in [0.4, 0.5) is 20.6 Å². The maximum absolute atomic E-state index is 14.8. The highest BCUT2D eigenvalue weighted by Gasteiger charge is 2.28. The smallest absolute Gasteiger partial charge is 0.322 e. The van der Waals surface area contributed by atoms with Gasteiger partial charge in [0.05, 0.1) is 23.9 Å². The Balaban J connectivity index is 1.46. The van der Waals surface area contributed by atoms with Crippen LogP contribution in [0.15, 0.2) is 36.5 Å². The number of fused-ring (bicyclic) bond motifs is 1. The highest BCUT2D eigenvalue weighted by atomic mass is 19.1. The fourth-order valence-electron chi connectivity index (χ4n) is 4.27. The van der Waals surface area contributed by atoms with Gasteiger partial charge in [-0.3, -0.25) is 0 Å². The molecule has 150 valence electrons. The second-order valence-electron chi connectivity index (χ2n) is 7.75. The lowest BCUT2D eigenvalue weighted by Crippen LogP contribution is -2.45. The van der Waals surface area contributed by atoms with Crippen molar-refractivity contribution >= 4 is 17.4 Å². The van der Waals surface area contributed by atoms with Crippen molar-refractivity contribution in [1.29, 1.82) is 0 Å². The summed E-state index contributed by atoms with van der Waals surface area (Å²) in [6.45, 7) is 8.68. The SMILES string of the molecule is CC1CN(c2ccc(NC(=O)N3CCn4cccc4C3C)cc2F)CC(C)O1. The molecule has 3 heterocycles. The van der Waals surface area contributed by atoms with E-state index in [4.69, 9.17) is 4.74 Å². The molecule has 3 atom stereocenters. The maximum Gasteiger partial charge on any atom is 0.322 e. The van der Waals surface area contributed by atoms with Crippen LogP contribution >= 0.6 is 0 Å². The van der Waals surface area contributed by atoms with E-state index in [0.29, 0.717) is 31.0 Å². The van der Waals surface area contributed by atoms with Gasteiger partial charge in [0, 0.05) is 43.8 Å². The maximum atomic E-state index is 14.8. The molecule has 2 amide bonds. The Labute approximate surface area is 164 Å². The van der Waals surface area contributed by atoms with Crippen LogP contribution < -0.4 is 10.2 Å². The van der Waals surface area contributed by atoms with Gasteiger partial charge in [-0.25, -0.2) is 9.18 Å². The molecular weight excluding hydrogens is 359 g/mol. The first-order valence-electron chi connectivity index (χ1n) is 9.85. The Kier molecular flexibility index (Phi) is 5.02. The molecule has 0 saturated carbocycles. The van der Waals surface area contributed by atoms with E-state index in [1.807, 2.05) is 44.0 Å². The Bertz CT molecular complexity index is 858. The molecule has 3 unspecified atom stereocenters. The number of ether oxygens (including phenoxy) is 1. The standard InChI is InChI=1S/C21H27FN4O2/c1-14-12-25(13-15(2)28-14)20-7-6-17(11-18(20)22)23-21(27)26-10-9-24-8-4-5-19(24)16(26)3/h4-8,11,14-16H,9-10,12-13H2,1-3H3,(H,23,27). The first-order chi connectivity index (χ1) is 13.4. The van der Waals surface area contributed by atoms with Crippen molar-refractivity contribution in [1.82, 2.24) is 9.47 Å². The highest BCUT2D eigenvalue weighted by Crippen LogP contribution is 2.28. The van der Waals surface area contributed by atoms with Crippen molar-refractivity contribution in [3.63, 3.8) is 0 Å². The number of hydrogen-bond donors (Lipinski definition) is 1. The van der Waals surface area contributed by atoms with Gasteiger partial charge in [-0.1, -0.05) is 0 Å². The van der Waals surface area contributed by atoms with E-state index in [2.05, 4.69) is 9.88 Å². The molecule has 7 heteroatoms. The average molecular weight is 386 g/mol. The molecule has 6 nitrogen and oxygen atoms in total. The molecule has 0 aliphatic carbocycles. The Morgan fingerprint density at radius 2 is 1.89 bits per heavy atom. The van der Waals surface area contributed by atoms with Crippen LogP contribution in [-0.4, -0.2) is 47.3 Å². The van der Waals surface area contributed by atoms with Gasteiger partial charge in [0.25, 0.3) is 0 Å². The number of rotatable bonds is 2. The van der Waals surface area contributed by atoms with Gasteiger partial charge in [-0.2, -0.15) is 0 Å². The summed E-state index contributed by atoms with van der Waals surface area (Å²) in [5.74, 6) is -0.334. The number of urea groups is 1. The van der Waals surface area contributed by atoms with Crippen LogP contribution in [0, 0.1) is 5.82 Å². The van der Waals surface area contributed by atoms with E-state index >= 15 is 0 Å². The second-order valence-corrected chi connectivity index (χ2v) is 7.75. The lowest BCUT2D eigenvalue weighted by atomic mass is 10.1. The molecule has 0 spiro atoms. The van der Waals surface area contributed by atoms with E-state index in [1.54, 1.807) is 17.0 Å². The monoisotopic (exact) mass is 386 g/mol. The van der Waals surface area contributed by atoms with Crippen molar-refractivity contribution in [3.05, 3.63) is 48.0 Å². The van der Waals surface area contributed by atoms with E-state index in [1.165, 1.54) is 6.07 Å². The van der Waals surface area contributed by atoms with Crippen LogP contribution in [0.1, 0.15) is 32.5 Å². The number of carbonyl (C=O) groups is 1. The minimum Gasteiger partial charge on any atom is -0.372 e. The number of hydrogen-bond acceptors (Lipinski definition) is 3. The summed E-state index contributed by atoms with van der Waals surface area (Å²) in [6.07, 6.45) is 2.15. The van der Waals surface area contributed by atoms with Crippen molar-refractivity contribution in [2.24, 2.45) is 0 Å². The average Bonchev–Trinajstić information content (AvgIpc) is 3.11. The minimum atomic E-state index is -0.334. The van der Waals surface area contributed by atoms with Crippen molar-refractivity contribution in [2.45, 2.75) is 45.6 Å². The van der Waals surface area contributed by atoms with Gasteiger partial charge in [0.2, 0.25) is 0 Å². The number of morpholine rings is 1. The van der Waals surface area contributed by atoms with Crippen molar-refractivity contribution < 1.29 is 13.9 Å². The lowest BCUT2D eigenvalue weighted by Gasteiger charge is -2.37. The summed E-state index contributed by atoms with van der Waals surface area (Å²) in [5.41, 5.74) is 2.12. The first kappa shape index (κ1) is 18.8. The van der Waals surface area contributed by atoms with E-state index in [9.17, 15) is 9.18 Å². The van der Waals surface area contributed by atoms with Crippen LogP contribution in [0.3, 0.4) is 0 Å². The van der Waals surface area contributed by atoms with Gasteiger partial charge in [0.1, 0.15) is 5.82 Å². The number of carbonyl (C=O) groups excluding carboxylic acids is 1. The molecule has 1 aromatic carbocycles. The van der Waals surface area contributed by atoms with Crippen molar-refractivity contribution in [3.8, 4) is 0 Å². The van der Waals surface area contributed by atoms with Crippen LogP contribution in [-0.2, 0) is 11.3 Å².